The van der Waals surface area contributed by atoms with Crippen LogP contribution >= 0.6 is 0 Å². The molecule has 4 rings (SSSR count). The summed E-state index contributed by atoms with van der Waals surface area (Å²) in [6.07, 6.45) is 0.865. The largest absolute Gasteiger partial charge is 0.401 e. The SMILES string of the molecule is C=C(N)C1CCCNC(=O)CC[C@H](NC(=O)[C@H](CCCNC(=N)N)NC(C)=O)C(=O)N[C@@H](CCN)C(=O)N[C@H](Cc2ccc(F)c(F)c2)C(=O)N[C@@H](CCCNC(=N)N)C(=O)N[C@@H](Cc2c[nH]c3ccccc23)C(=O)N1. The van der Waals surface area contributed by atoms with Gasteiger partial charge in [-0.1, -0.05) is 30.8 Å². The molecular weight excluding hydrogens is 993 g/mol. The van der Waals surface area contributed by atoms with Gasteiger partial charge in [0.05, 0.1) is 6.04 Å². The van der Waals surface area contributed by atoms with Crippen LogP contribution in [-0.4, -0.2) is 133 Å². The van der Waals surface area contributed by atoms with Crippen LogP contribution in [0.1, 0.15) is 75.8 Å². The van der Waals surface area contributed by atoms with Crippen molar-refractivity contribution in [2.75, 3.05) is 26.2 Å². The Balaban J connectivity index is 1.78. The van der Waals surface area contributed by atoms with Crippen molar-refractivity contribution >= 4 is 70.1 Å². The highest BCUT2D eigenvalue weighted by Crippen LogP contribution is 2.20. The molecule has 1 unspecified atom stereocenters. The van der Waals surface area contributed by atoms with Crippen molar-refractivity contribution in [3.63, 3.8) is 0 Å². The van der Waals surface area contributed by atoms with E-state index in [2.05, 4.69) is 64.7 Å². The maximum atomic E-state index is 14.6. The number of guanidine groups is 2. The lowest BCUT2D eigenvalue weighted by Gasteiger charge is -2.28. The van der Waals surface area contributed by atoms with Crippen LogP contribution in [0.4, 0.5) is 8.78 Å². The van der Waals surface area contributed by atoms with Gasteiger partial charge in [0.25, 0.3) is 0 Å². The first-order valence-corrected chi connectivity index (χ1v) is 24.8. The highest BCUT2D eigenvalue weighted by molar-refractivity contribution is 5.97. The van der Waals surface area contributed by atoms with Gasteiger partial charge in [0.15, 0.2) is 23.6 Å². The number of hydrogen-bond donors (Lipinski definition) is 17. The molecule has 25 nitrogen and oxygen atoms in total. The molecule has 0 aliphatic carbocycles. The Hall–Kier alpha value is -8.36. The monoisotopic (exact) mass is 1060 g/mol. The van der Waals surface area contributed by atoms with E-state index in [-0.39, 0.29) is 114 Å². The van der Waals surface area contributed by atoms with Gasteiger partial charge in [-0.3, -0.25) is 49.2 Å². The topological polar surface area (TPSA) is 424 Å². The number of H-pyrrole nitrogens is 1. The van der Waals surface area contributed by atoms with Crippen molar-refractivity contribution in [1.29, 1.82) is 10.8 Å². The van der Waals surface area contributed by atoms with Crippen LogP contribution in [0.25, 0.3) is 10.9 Å². The zero-order valence-corrected chi connectivity index (χ0v) is 42.3. The molecule has 0 saturated carbocycles. The van der Waals surface area contributed by atoms with Crippen LogP contribution in [0.2, 0.25) is 0 Å². The first-order valence-electron chi connectivity index (χ1n) is 24.8. The summed E-state index contributed by atoms with van der Waals surface area (Å²) in [5.41, 5.74) is 24.4. The molecule has 414 valence electrons. The van der Waals surface area contributed by atoms with Crippen LogP contribution < -0.4 is 76.1 Å². The Morgan fingerprint density at radius 1 is 0.763 bits per heavy atom. The molecule has 2 heterocycles. The summed E-state index contributed by atoms with van der Waals surface area (Å²) in [5.74, 6) is -9.63. The predicted octanol–water partition coefficient (Wildman–Crippen LogP) is -2.32. The number of aromatic amines is 1. The maximum absolute atomic E-state index is 14.6. The number of nitrogens with two attached hydrogens (primary N) is 4. The van der Waals surface area contributed by atoms with Gasteiger partial charge in [-0.15, -0.1) is 0 Å². The van der Waals surface area contributed by atoms with E-state index in [4.69, 9.17) is 33.8 Å². The fourth-order valence-electron chi connectivity index (χ4n) is 8.27. The van der Waals surface area contributed by atoms with Gasteiger partial charge in [0.1, 0.15) is 36.3 Å². The summed E-state index contributed by atoms with van der Waals surface area (Å²) in [4.78, 5) is 114. The zero-order chi connectivity index (χ0) is 55.9. The van der Waals surface area contributed by atoms with E-state index in [1.54, 1.807) is 12.3 Å². The molecule has 0 bridgehead atoms. The fourth-order valence-corrected chi connectivity index (χ4v) is 8.27. The summed E-state index contributed by atoms with van der Waals surface area (Å²) in [7, 11) is 0. The second kappa shape index (κ2) is 30.1. The maximum Gasteiger partial charge on any atom is 0.243 e. The van der Waals surface area contributed by atoms with E-state index < -0.39 is 108 Å². The number of benzene rings is 2. The average molecular weight is 1060 g/mol. The Morgan fingerprint density at radius 2 is 1.37 bits per heavy atom. The van der Waals surface area contributed by atoms with E-state index in [1.807, 2.05) is 18.2 Å². The molecule has 1 saturated heterocycles. The second-order valence-electron chi connectivity index (χ2n) is 18.3. The zero-order valence-electron chi connectivity index (χ0n) is 42.3. The van der Waals surface area contributed by atoms with Gasteiger partial charge in [-0.25, -0.2) is 8.78 Å². The second-order valence-corrected chi connectivity index (χ2v) is 18.3. The van der Waals surface area contributed by atoms with E-state index in [9.17, 15) is 47.1 Å². The smallest absolute Gasteiger partial charge is 0.243 e. The molecule has 27 heteroatoms. The number of carbonyl (C=O) groups excluding carboxylic acids is 8. The van der Waals surface area contributed by atoms with Gasteiger partial charge < -0.3 is 81.1 Å². The molecule has 0 spiro atoms. The quantitative estimate of drug-likeness (QED) is 0.0362. The third kappa shape index (κ3) is 19.8. The molecule has 8 amide bonds. The number of amides is 8. The van der Waals surface area contributed by atoms with Gasteiger partial charge in [-0.05, 0) is 87.2 Å². The van der Waals surface area contributed by atoms with E-state index in [1.165, 1.54) is 13.0 Å². The highest BCUT2D eigenvalue weighted by atomic mass is 19.2. The normalized spacial score (nSPS) is 21.0. The van der Waals surface area contributed by atoms with Crippen molar-refractivity contribution in [3.8, 4) is 0 Å². The summed E-state index contributed by atoms with van der Waals surface area (Å²) in [6.45, 7) is 5.09. The van der Waals surface area contributed by atoms with E-state index >= 15 is 0 Å². The lowest BCUT2D eigenvalue weighted by molar-refractivity contribution is -0.135. The van der Waals surface area contributed by atoms with Gasteiger partial charge in [0, 0.05) is 68.6 Å². The standard InChI is InChI=1S/C49H71F2N17O8/c1-26(53)33-10-5-19-58-41(70)16-15-37(65-42(71)35(62-27(2)69)11-6-20-59-48(54)55)44(73)66-38(17-18-52)45(74)67-39(23-28-13-14-31(50)32(51)22-28)46(75)64-36(12-7-21-60-49(56)57)43(72)68-40(47(76)63-33)24-29-25-61-34-9-4-3-8-30(29)34/h3-4,8-9,13-14,22,25,33,35-40,61H,1,5-7,10-12,15-21,23-24,52-53H2,2H3,(H,58,70)(H,62,69)(H,63,76)(H,64,75)(H,65,71)(H,66,73)(H,67,74)(H,68,72)(H4,54,55,59)(H4,56,57,60)/t33?,35-,36-,37-,38-,39+,40-/m0/s1. The molecule has 1 fully saturated rings. The molecular formula is C49H71F2N17O8. The number of rotatable bonds is 18. The van der Waals surface area contributed by atoms with Gasteiger partial charge >= 0.3 is 0 Å². The summed E-state index contributed by atoms with van der Waals surface area (Å²) >= 11 is 0. The minimum atomic E-state index is -1.67. The van der Waals surface area contributed by atoms with Crippen molar-refractivity contribution < 1.29 is 47.1 Å². The number of nitrogens with one attached hydrogen (secondary N) is 13. The van der Waals surface area contributed by atoms with Gasteiger partial charge in [0.2, 0.25) is 47.3 Å². The molecule has 1 aliphatic rings. The Bertz CT molecular complexity index is 2580. The van der Waals surface area contributed by atoms with Crippen LogP contribution in [0.15, 0.2) is 60.9 Å². The first-order chi connectivity index (χ1) is 36.1. The number of fused-ring (bicyclic) bond motifs is 1. The van der Waals surface area contributed by atoms with Crippen molar-refractivity contribution in [2.24, 2.45) is 22.9 Å². The minimum Gasteiger partial charge on any atom is -0.401 e. The van der Waals surface area contributed by atoms with Crippen LogP contribution in [-0.2, 0) is 51.2 Å². The molecule has 7 atom stereocenters. The van der Waals surface area contributed by atoms with E-state index in [0.717, 1.165) is 23.0 Å². The number of hydrogen-bond acceptors (Lipinski definition) is 12. The third-order valence-corrected chi connectivity index (χ3v) is 12.2. The van der Waals surface area contributed by atoms with Crippen molar-refractivity contribution in [3.05, 3.63) is 83.7 Å². The number of halogens is 2. The Labute approximate surface area is 437 Å². The van der Waals surface area contributed by atoms with Crippen LogP contribution in [0.5, 0.6) is 0 Å². The molecule has 1 aliphatic heterocycles. The summed E-state index contributed by atoms with van der Waals surface area (Å²) in [6, 6.07) is 0.524. The minimum absolute atomic E-state index is 0.0272. The number of para-hydroxylation sites is 1. The molecule has 76 heavy (non-hydrogen) atoms. The molecule has 1 aromatic heterocycles. The predicted molar refractivity (Wildman–Crippen MR) is 278 cm³/mol. The van der Waals surface area contributed by atoms with Crippen LogP contribution in [0, 0.1) is 22.5 Å². The lowest BCUT2D eigenvalue weighted by Crippen LogP contribution is -2.60. The molecule has 2 aromatic carbocycles. The summed E-state index contributed by atoms with van der Waals surface area (Å²) < 4.78 is 28.8. The van der Waals surface area contributed by atoms with Gasteiger partial charge in [-0.2, -0.15) is 0 Å². The Morgan fingerprint density at radius 3 is 2.01 bits per heavy atom. The molecule has 0 radical (unpaired) electrons. The third-order valence-electron chi connectivity index (χ3n) is 12.2. The fraction of sp³-hybridized carbons (Fsp3) is 0.469. The highest BCUT2D eigenvalue weighted by Gasteiger charge is 2.34. The number of carbonyl (C=O) groups is 8. The van der Waals surface area contributed by atoms with E-state index in [0.29, 0.717) is 5.56 Å². The Kier molecular flexibility index (Phi) is 23.9. The molecule has 21 N–H and O–H groups in total. The van der Waals surface area contributed by atoms with Crippen molar-refractivity contribution in [2.45, 2.75) is 120 Å². The lowest BCUT2D eigenvalue weighted by atomic mass is 10.0. The number of aromatic nitrogens is 1. The molecule has 3 aromatic rings. The average Bonchev–Trinajstić information content (AvgIpc) is 3.77. The summed E-state index contributed by atoms with van der Waals surface area (Å²) in [5, 5.41) is 42.1. The van der Waals surface area contributed by atoms with Crippen molar-refractivity contribution in [1.82, 2.24) is 58.2 Å². The van der Waals surface area contributed by atoms with Crippen LogP contribution in [0.3, 0.4) is 0 Å². The first kappa shape index (κ1) is 60.2.